The van der Waals surface area contributed by atoms with Crippen molar-refractivity contribution in [2.24, 2.45) is 5.92 Å². The van der Waals surface area contributed by atoms with Crippen LogP contribution in [0.5, 0.6) is 0 Å². The minimum absolute atomic E-state index is 0. The molecule has 52 heavy (non-hydrogen) atoms. The molecule has 0 aliphatic heterocycles. The van der Waals surface area contributed by atoms with Crippen LogP contribution in [-0.2, 0) is 23.6 Å². The van der Waals surface area contributed by atoms with Crippen molar-refractivity contribution in [3.63, 3.8) is 0 Å². The fourth-order valence-electron chi connectivity index (χ4n) is 9.65. The first-order valence-corrected chi connectivity index (χ1v) is 31.2. The molecule has 0 radical (unpaired) electrons. The van der Waals surface area contributed by atoms with Crippen LogP contribution < -0.4 is 0 Å². The van der Waals surface area contributed by atoms with Crippen molar-refractivity contribution in [1.82, 2.24) is 0 Å². The van der Waals surface area contributed by atoms with E-state index >= 15 is 13.2 Å². The number of hydrogen-bond acceptors (Lipinski definition) is 0. The third kappa shape index (κ3) is 6.01. The topological polar surface area (TPSA) is 0 Å². The average molecular weight is 831 g/mol. The molecule has 6 aromatic rings. The second kappa shape index (κ2) is 13.6. The molecule has 2 aliphatic rings. The Bertz CT molecular complexity index is 2510. The Balaban J connectivity index is 0.00000232. The van der Waals surface area contributed by atoms with E-state index in [-0.39, 0.29) is 38.0 Å². The number of fused-ring (bicyclic) bond motifs is 4. The predicted molar refractivity (Wildman–Crippen MR) is 220 cm³/mol. The molecule has 266 valence electrons. The standard InChI is InChI=1S/C22H19.C21H14F3.2CH3.2ClH.H2Si.Zr/c1-15(2)18-13-17-9-6-12-21(22(17)14-18)20-11-5-8-16-7-3-4-10-19(16)20;1-13-11-18-17(9-10-20(19(18)12-13)21(22,23)24)16-8-4-6-14-5-2-3-7-15(14)16;;;;;;/h3-15H,1-2H3;2-12H,1H3;2*1H3;2*1H;1H2;. The summed E-state index contributed by atoms with van der Waals surface area (Å²) >= 11 is -4.37. The van der Waals surface area contributed by atoms with Crippen LogP contribution in [0.25, 0.3) is 56.0 Å². The Morgan fingerprint density at radius 2 is 1.10 bits per heavy atom. The van der Waals surface area contributed by atoms with Crippen molar-refractivity contribution >= 4 is 65.4 Å². The van der Waals surface area contributed by atoms with E-state index in [9.17, 15) is 0 Å². The van der Waals surface area contributed by atoms with Crippen LogP contribution in [0.3, 0.4) is 0 Å². The Morgan fingerprint density at radius 1 is 0.596 bits per heavy atom. The molecule has 0 N–H and O–H groups in total. The number of benzene rings is 6. The van der Waals surface area contributed by atoms with Crippen LogP contribution in [-0.4, -0.2) is 6.88 Å². The van der Waals surface area contributed by atoms with Gasteiger partial charge in [-0.15, -0.1) is 24.8 Å². The van der Waals surface area contributed by atoms with Crippen LogP contribution in [0.15, 0.2) is 126 Å². The zero-order valence-electron chi connectivity index (χ0n) is 30.0. The summed E-state index contributed by atoms with van der Waals surface area (Å²) in [6.07, 6.45) is 0.0370. The van der Waals surface area contributed by atoms with Gasteiger partial charge in [-0.1, -0.05) is 0 Å². The first-order valence-electron chi connectivity index (χ1n) is 17.5. The van der Waals surface area contributed by atoms with Gasteiger partial charge < -0.3 is 0 Å². The first-order chi connectivity index (χ1) is 23.7. The number of rotatable bonds is 5. The third-order valence-corrected chi connectivity index (χ3v) is 29.1. The van der Waals surface area contributed by atoms with Gasteiger partial charge in [-0.2, -0.15) is 0 Å². The molecule has 0 saturated heterocycles. The van der Waals surface area contributed by atoms with Gasteiger partial charge in [-0.3, -0.25) is 0 Å². The second-order valence-corrected chi connectivity index (χ2v) is 46.3. The van der Waals surface area contributed by atoms with Crippen molar-refractivity contribution in [1.29, 1.82) is 0 Å². The number of hydrogen-bond donors (Lipinski definition) is 0. The molecule has 7 heteroatoms. The van der Waals surface area contributed by atoms with Gasteiger partial charge >= 0.3 is 297 Å². The van der Waals surface area contributed by atoms with Crippen molar-refractivity contribution in [3.8, 4) is 22.3 Å². The van der Waals surface area contributed by atoms with E-state index in [1.807, 2.05) is 18.2 Å². The molecule has 0 saturated carbocycles. The van der Waals surface area contributed by atoms with E-state index in [0.717, 1.165) is 33.0 Å². The molecular weight excluding hydrogens is 788 g/mol. The zero-order valence-corrected chi connectivity index (χ0v) is 35.5. The largest absolute Gasteiger partial charge is 0.147 e. The monoisotopic (exact) mass is 828 g/mol. The maximum absolute atomic E-state index is 15.2. The number of alkyl halides is 3. The smallest absolute Gasteiger partial charge is 0.147 e. The van der Waals surface area contributed by atoms with Crippen LogP contribution >= 0.6 is 24.8 Å². The minimum atomic E-state index is -4.47. The molecule has 0 spiro atoms. The maximum atomic E-state index is 15.2. The summed E-state index contributed by atoms with van der Waals surface area (Å²) in [5.74, 6) is 0.250. The van der Waals surface area contributed by atoms with Crippen LogP contribution in [0.1, 0.15) is 55.8 Å². The predicted octanol–water partition coefficient (Wildman–Crippen LogP) is 13.8. The Kier molecular flexibility index (Phi) is 10.1. The molecule has 8 rings (SSSR count). The van der Waals surface area contributed by atoms with E-state index in [1.54, 1.807) is 6.07 Å². The molecule has 2 aliphatic carbocycles. The quantitative estimate of drug-likeness (QED) is 0.152. The molecule has 6 aromatic carbocycles. The van der Waals surface area contributed by atoms with Gasteiger partial charge in [0.1, 0.15) is 0 Å². The fourth-order valence-corrected chi connectivity index (χ4v) is 30.1. The van der Waals surface area contributed by atoms with E-state index < -0.39 is 29.1 Å². The molecule has 0 aromatic heterocycles. The molecule has 2 unspecified atom stereocenters. The second-order valence-electron chi connectivity index (χ2n) is 15.8. The van der Waals surface area contributed by atoms with E-state index in [2.05, 4.69) is 134 Å². The van der Waals surface area contributed by atoms with Gasteiger partial charge in [0.25, 0.3) is 0 Å². The summed E-state index contributed by atoms with van der Waals surface area (Å²) < 4.78 is 50.4. The third-order valence-electron chi connectivity index (χ3n) is 11.5. The van der Waals surface area contributed by atoms with Crippen molar-refractivity contribution in [2.45, 2.75) is 43.5 Å². The van der Waals surface area contributed by atoms with Gasteiger partial charge in [-0.05, 0) is 0 Å². The van der Waals surface area contributed by atoms with E-state index in [0.29, 0.717) is 5.56 Å². The summed E-state index contributed by atoms with van der Waals surface area (Å²) in [6, 6.07) is 39.0. The summed E-state index contributed by atoms with van der Waals surface area (Å²) in [4.78, 5) is 0. The molecular formula is C45H43Cl2F3SiZr. The summed E-state index contributed by atoms with van der Waals surface area (Å²) in [7, 11) is 0. The summed E-state index contributed by atoms with van der Waals surface area (Å²) in [5, 5.41) is 4.54. The molecule has 2 atom stereocenters. The van der Waals surface area contributed by atoms with Crippen LogP contribution in [0, 0.1) is 5.92 Å². The normalized spacial score (nSPS) is 17.0. The van der Waals surface area contributed by atoms with Gasteiger partial charge in [0, 0.05) is 0 Å². The van der Waals surface area contributed by atoms with Crippen molar-refractivity contribution in [3.05, 3.63) is 154 Å². The minimum Gasteiger partial charge on any atom is -0.147 e. The Hall–Kier alpha value is -3.21. The molecule has 0 heterocycles. The van der Waals surface area contributed by atoms with Crippen molar-refractivity contribution in [2.75, 3.05) is 0 Å². The Labute approximate surface area is 319 Å². The fraction of sp³-hybridized carbons (Fsp3) is 0.200. The van der Waals surface area contributed by atoms with Crippen LogP contribution in [0.2, 0.25) is 9.26 Å². The zero-order chi connectivity index (χ0) is 35.2. The maximum Gasteiger partial charge on any atom is -0.147 e. The van der Waals surface area contributed by atoms with Gasteiger partial charge in [-0.25, -0.2) is 0 Å². The molecule has 0 amide bonds. The molecule has 0 bridgehead atoms. The average Bonchev–Trinajstić information content (AvgIpc) is 3.67. The van der Waals surface area contributed by atoms with E-state index in [4.69, 9.17) is 0 Å². The number of allylic oxidation sites excluding steroid dienone is 2. The van der Waals surface area contributed by atoms with E-state index in [1.165, 1.54) is 44.7 Å². The number of halogens is 5. The van der Waals surface area contributed by atoms with Gasteiger partial charge in [0.15, 0.2) is 0 Å². The summed E-state index contributed by atoms with van der Waals surface area (Å²) in [5.41, 5.74) is 9.94. The summed E-state index contributed by atoms with van der Waals surface area (Å²) in [6.45, 7) is 8.70. The SMILES string of the molecule is CC1=Cc2c(-c3cccc4ccccc34)ccc(C(F)(F)F)c2[CH]1[Zr]([CH3])([CH3])(=[SiH2])[CH]1C(C(C)C)=Cc2c(-c3cccc4ccccc34)cccc21.Cl.Cl. The first kappa shape index (κ1) is 38.5. The van der Waals surface area contributed by atoms with Gasteiger partial charge in [0.05, 0.1) is 0 Å². The van der Waals surface area contributed by atoms with Crippen molar-refractivity contribution < 1.29 is 30.6 Å². The van der Waals surface area contributed by atoms with Gasteiger partial charge in [0.2, 0.25) is 0 Å². The van der Waals surface area contributed by atoms with Crippen LogP contribution in [0.4, 0.5) is 13.2 Å². The molecule has 0 fully saturated rings. The Morgan fingerprint density at radius 3 is 1.65 bits per heavy atom. The molecule has 0 nitrogen and oxygen atoms in total.